The highest BCUT2D eigenvalue weighted by Gasteiger charge is 2.26. The SMILES string of the molecule is Cc1nc2ccnn2c(N2CCOC(c3ccc(F)cc3)C2)c1C. The Balaban J connectivity index is 1.71. The predicted octanol–water partition coefficient (Wildman–Crippen LogP) is 3.06. The molecule has 1 atom stereocenters. The molecule has 3 heterocycles. The second-order valence-electron chi connectivity index (χ2n) is 6.10. The van der Waals surface area contributed by atoms with E-state index in [1.54, 1.807) is 18.3 Å². The van der Waals surface area contributed by atoms with Crippen molar-refractivity contribution in [3.63, 3.8) is 0 Å². The molecule has 0 radical (unpaired) electrons. The smallest absolute Gasteiger partial charge is 0.157 e. The topological polar surface area (TPSA) is 42.7 Å². The largest absolute Gasteiger partial charge is 0.370 e. The van der Waals surface area contributed by atoms with E-state index in [1.165, 1.54) is 12.1 Å². The predicted molar refractivity (Wildman–Crippen MR) is 89.8 cm³/mol. The van der Waals surface area contributed by atoms with E-state index in [9.17, 15) is 4.39 Å². The molecule has 1 aromatic carbocycles. The molecule has 24 heavy (non-hydrogen) atoms. The van der Waals surface area contributed by atoms with E-state index < -0.39 is 0 Å². The zero-order valence-electron chi connectivity index (χ0n) is 13.7. The van der Waals surface area contributed by atoms with Gasteiger partial charge in [0, 0.05) is 30.4 Å². The van der Waals surface area contributed by atoms with E-state index in [-0.39, 0.29) is 11.9 Å². The van der Waals surface area contributed by atoms with Crippen molar-refractivity contribution in [3.05, 3.63) is 59.2 Å². The molecule has 0 bridgehead atoms. The monoisotopic (exact) mass is 326 g/mol. The Morgan fingerprint density at radius 1 is 1.17 bits per heavy atom. The third-order valence-electron chi connectivity index (χ3n) is 4.59. The number of aryl methyl sites for hydroxylation is 1. The van der Waals surface area contributed by atoms with Gasteiger partial charge in [0.2, 0.25) is 0 Å². The van der Waals surface area contributed by atoms with Crippen LogP contribution in [0, 0.1) is 19.7 Å². The summed E-state index contributed by atoms with van der Waals surface area (Å²) in [6.45, 7) is 6.19. The quantitative estimate of drug-likeness (QED) is 0.726. The first kappa shape index (κ1) is 15.1. The summed E-state index contributed by atoms with van der Waals surface area (Å²) in [7, 11) is 0. The molecule has 5 nitrogen and oxygen atoms in total. The minimum Gasteiger partial charge on any atom is -0.370 e. The summed E-state index contributed by atoms with van der Waals surface area (Å²) in [5, 5.41) is 4.43. The normalized spacial score (nSPS) is 18.3. The molecule has 0 N–H and O–H groups in total. The molecule has 1 aliphatic rings. The van der Waals surface area contributed by atoms with E-state index in [2.05, 4.69) is 21.9 Å². The summed E-state index contributed by atoms with van der Waals surface area (Å²) in [5.41, 5.74) is 3.95. The third-order valence-corrected chi connectivity index (χ3v) is 4.59. The Hall–Kier alpha value is -2.47. The molecule has 0 saturated carbocycles. The van der Waals surface area contributed by atoms with Crippen LogP contribution in [0.4, 0.5) is 10.2 Å². The summed E-state index contributed by atoms with van der Waals surface area (Å²) in [6.07, 6.45) is 1.68. The Labute approximate surface area is 139 Å². The number of morpholine rings is 1. The minimum absolute atomic E-state index is 0.0853. The van der Waals surface area contributed by atoms with Gasteiger partial charge in [-0.2, -0.15) is 9.61 Å². The number of halogens is 1. The molecular weight excluding hydrogens is 307 g/mol. The molecule has 0 spiro atoms. The first-order chi connectivity index (χ1) is 11.6. The van der Waals surface area contributed by atoms with Crippen molar-refractivity contribution in [2.24, 2.45) is 0 Å². The zero-order chi connectivity index (χ0) is 16.7. The summed E-state index contributed by atoms with van der Waals surface area (Å²) in [4.78, 5) is 6.86. The van der Waals surface area contributed by atoms with Gasteiger partial charge in [-0.25, -0.2) is 9.37 Å². The summed E-state index contributed by atoms with van der Waals surface area (Å²) < 4.78 is 21.0. The number of rotatable bonds is 2. The Morgan fingerprint density at radius 3 is 2.75 bits per heavy atom. The van der Waals surface area contributed by atoms with Crippen molar-refractivity contribution in [1.29, 1.82) is 0 Å². The van der Waals surface area contributed by atoms with Crippen LogP contribution in [0.2, 0.25) is 0 Å². The van der Waals surface area contributed by atoms with Crippen molar-refractivity contribution in [2.75, 3.05) is 24.6 Å². The standard InChI is InChI=1S/C18H19FN4O/c1-12-13(2)21-17-7-8-20-23(17)18(12)22-9-10-24-16(11-22)14-3-5-15(19)6-4-14/h3-8,16H,9-11H2,1-2H3. The number of ether oxygens (including phenoxy) is 1. The lowest BCUT2D eigenvalue weighted by Gasteiger charge is -2.35. The molecule has 3 aromatic rings. The van der Waals surface area contributed by atoms with Gasteiger partial charge < -0.3 is 9.64 Å². The highest BCUT2D eigenvalue weighted by atomic mass is 19.1. The lowest BCUT2D eigenvalue weighted by Crippen LogP contribution is -2.40. The van der Waals surface area contributed by atoms with Crippen molar-refractivity contribution in [1.82, 2.24) is 14.6 Å². The van der Waals surface area contributed by atoms with Crippen LogP contribution in [0.25, 0.3) is 5.65 Å². The number of nitrogens with zero attached hydrogens (tertiary/aromatic N) is 4. The summed E-state index contributed by atoms with van der Waals surface area (Å²) in [6, 6.07) is 8.44. The summed E-state index contributed by atoms with van der Waals surface area (Å²) in [5.74, 6) is 0.822. The van der Waals surface area contributed by atoms with Gasteiger partial charge in [-0.15, -0.1) is 0 Å². The highest BCUT2D eigenvalue weighted by molar-refractivity contribution is 5.56. The fourth-order valence-corrected chi connectivity index (χ4v) is 3.21. The van der Waals surface area contributed by atoms with Crippen LogP contribution in [0.3, 0.4) is 0 Å². The van der Waals surface area contributed by atoms with Crippen LogP contribution in [0.1, 0.15) is 22.9 Å². The number of hydrogen-bond donors (Lipinski definition) is 0. The maximum atomic E-state index is 13.2. The molecule has 1 aliphatic heterocycles. The fourth-order valence-electron chi connectivity index (χ4n) is 3.21. The van der Waals surface area contributed by atoms with Gasteiger partial charge in [0.05, 0.1) is 12.8 Å². The van der Waals surface area contributed by atoms with Crippen molar-refractivity contribution in [3.8, 4) is 0 Å². The first-order valence-electron chi connectivity index (χ1n) is 8.06. The van der Waals surface area contributed by atoms with E-state index in [4.69, 9.17) is 4.74 Å². The second kappa shape index (κ2) is 5.87. The van der Waals surface area contributed by atoms with Crippen molar-refractivity contribution in [2.45, 2.75) is 20.0 Å². The minimum atomic E-state index is -0.231. The first-order valence-corrected chi connectivity index (χ1v) is 8.06. The maximum Gasteiger partial charge on any atom is 0.157 e. The molecule has 6 heteroatoms. The Kier molecular flexibility index (Phi) is 3.69. The molecule has 4 rings (SSSR count). The molecule has 1 unspecified atom stereocenters. The highest BCUT2D eigenvalue weighted by Crippen LogP contribution is 2.29. The van der Waals surface area contributed by atoms with Crippen LogP contribution in [0.15, 0.2) is 36.5 Å². The van der Waals surface area contributed by atoms with E-state index in [1.807, 2.05) is 17.5 Å². The van der Waals surface area contributed by atoms with Crippen molar-refractivity contribution < 1.29 is 9.13 Å². The van der Waals surface area contributed by atoms with Crippen LogP contribution in [0.5, 0.6) is 0 Å². The van der Waals surface area contributed by atoms with Gasteiger partial charge in [0.1, 0.15) is 17.7 Å². The average Bonchev–Trinajstić information content (AvgIpc) is 3.04. The molecule has 1 fully saturated rings. The number of fused-ring (bicyclic) bond motifs is 1. The molecular formula is C18H19FN4O. The van der Waals surface area contributed by atoms with Gasteiger partial charge in [-0.1, -0.05) is 12.1 Å². The van der Waals surface area contributed by atoms with Gasteiger partial charge in [-0.3, -0.25) is 0 Å². The van der Waals surface area contributed by atoms with Gasteiger partial charge >= 0.3 is 0 Å². The Morgan fingerprint density at radius 2 is 1.96 bits per heavy atom. The number of benzene rings is 1. The summed E-state index contributed by atoms with van der Waals surface area (Å²) >= 11 is 0. The van der Waals surface area contributed by atoms with E-state index in [0.717, 1.165) is 34.8 Å². The molecule has 2 aromatic heterocycles. The number of aromatic nitrogens is 3. The number of hydrogen-bond acceptors (Lipinski definition) is 4. The van der Waals surface area contributed by atoms with E-state index in [0.29, 0.717) is 13.2 Å². The van der Waals surface area contributed by atoms with Gasteiger partial charge in [-0.05, 0) is 31.5 Å². The third kappa shape index (κ3) is 2.53. The van der Waals surface area contributed by atoms with Crippen LogP contribution in [-0.4, -0.2) is 34.3 Å². The maximum absolute atomic E-state index is 13.2. The van der Waals surface area contributed by atoms with Crippen LogP contribution < -0.4 is 4.90 Å². The fraction of sp³-hybridized carbons (Fsp3) is 0.333. The Bertz CT molecular complexity index is 875. The van der Waals surface area contributed by atoms with Gasteiger partial charge in [0.25, 0.3) is 0 Å². The lowest BCUT2D eigenvalue weighted by molar-refractivity contribution is 0.0393. The average molecular weight is 326 g/mol. The van der Waals surface area contributed by atoms with Crippen LogP contribution >= 0.6 is 0 Å². The van der Waals surface area contributed by atoms with Crippen LogP contribution in [-0.2, 0) is 4.74 Å². The lowest BCUT2D eigenvalue weighted by atomic mass is 10.1. The number of anilines is 1. The van der Waals surface area contributed by atoms with Crippen molar-refractivity contribution >= 4 is 11.5 Å². The molecule has 124 valence electrons. The van der Waals surface area contributed by atoms with Gasteiger partial charge in [0.15, 0.2) is 5.65 Å². The zero-order valence-corrected chi connectivity index (χ0v) is 13.7. The molecule has 1 saturated heterocycles. The second-order valence-corrected chi connectivity index (χ2v) is 6.10. The molecule has 0 amide bonds. The molecule has 0 aliphatic carbocycles. The van der Waals surface area contributed by atoms with E-state index >= 15 is 0 Å².